The lowest BCUT2D eigenvalue weighted by Crippen LogP contribution is -2.43. The Kier molecular flexibility index (Phi) is 8.45. The van der Waals surface area contributed by atoms with Crippen LogP contribution in [0, 0.1) is 17.5 Å². The van der Waals surface area contributed by atoms with Gasteiger partial charge in [-0.1, -0.05) is 42.5 Å². The highest BCUT2D eigenvalue weighted by atomic mass is 19.1. The molecule has 1 fully saturated rings. The molecule has 3 atom stereocenters. The Bertz CT molecular complexity index is 1540. The van der Waals surface area contributed by atoms with E-state index in [2.05, 4.69) is 20.9 Å². The van der Waals surface area contributed by atoms with Gasteiger partial charge in [-0.05, 0) is 66.3 Å². The number of pyridine rings is 1. The molecular formula is C32H29F3N4O2. The van der Waals surface area contributed by atoms with Crippen molar-refractivity contribution >= 4 is 11.8 Å². The average Bonchev–Trinajstić information content (AvgIpc) is 3.47. The molecule has 2 heterocycles. The summed E-state index contributed by atoms with van der Waals surface area (Å²) in [4.78, 5) is 30.4. The van der Waals surface area contributed by atoms with Crippen molar-refractivity contribution in [3.8, 4) is 11.1 Å². The fraction of sp³-hybridized carbons (Fsp3) is 0.219. The number of aromatic nitrogens is 1. The van der Waals surface area contributed by atoms with Crippen molar-refractivity contribution in [1.82, 2.24) is 20.9 Å². The van der Waals surface area contributed by atoms with Crippen molar-refractivity contribution in [3.05, 3.63) is 125 Å². The standard InChI is InChI=1S/C32H29F3N4O2/c1-36-31(40)25-17-21(9-10-26(25)35)24-8-5-13-37-30(24)29(16-19-14-22(33)18-23(34)15-19)39-32(41)28-12-11-27(38-28)20-6-3-2-4-7-20/h2-10,13-15,17-18,27-29,38H,11-12,16H2,1H3,(H,36,40)(H,39,41)/t27-,28+,29+/m1/s1. The fourth-order valence-electron chi connectivity index (χ4n) is 5.29. The molecule has 0 bridgehead atoms. The maximum Gasteiger partial charge on any atom is 0.254 e. The highest BCUT2D eigenvalue weighted by molar-refractivity contribution is 5.95. The summed E-state index contributed by atoms with van der Waals surface area (Å²) in [6, 6.07) is 19.4. The molecule has 1 aromatic heterocycles. The summed E-state index contributed by atoms with van der Waals surface area (Å²) in [6.07, 6.45) is 2.97. The molecule has 9 heteroatoms. The number of nitrogens with one attached hydrogen (secondary N) is 3. The monoisotopic (exact) mass is 558 g/mol. The molecule has 0 aliphatic carbocycles. The minimum Gasteiger partial charge on any atom is -0.355 e. The molecule has 210 valence electrons. The molecule has 5 rings (SSSR count). The van der Waals surface area contributed by atoms with Crippen molar-refractivity contribution in [3.63, 3.8) is 0 Å². The molecular weight excluding hydrogens is 529 g/mol. The molecule has 4 aromatic rings. The van der Waals surface area contributed by atoms with E-state index in [-0.39, 0.29) is 23.9 Å². The molecule has 1 aliphatic heterocycles. The lowest BCUT2D eigenvalue weighted by atomic mass is 9.94. The summed E-state index contributed by atoms with van der Waals surface area (Å²) < 4.78 is 42.6. The highest BCUT2D eigenvalue weighted by Crippen LogP contribution is 2.32. The van der Waals surface area contributed by atoms with Gasteiger partial charge in [0.05, 0.1) is 23.3 Å². The van der Waals surface area contributed by atoms with Crippen LogP contribution < -0.4 is 16.0 Å². The Balaban J connectivity index is 1.48. The van der Waals surface area contributed by atoms with Crippen LogP contribution in [0.25, 0.3) is 11.1 Å². The molecule has 0 spiro atoms. The van der Waals surface area contributed by atoms with Gasteiger partial charge >= 0.3 is 0 Å². The molecule has 0 unspecified atom stereocenters. The number of hydrogen-bond donors (Lipinski definition) is 3. The fourth-order valence-corrected chi connectivity index (χ4v) is 5.29. The smallest absolute Gasteiger partial charge is 0.254 e. The minimum atomic E-state index is -0.786. The van der Waals surface area contributed by atoms with E-state index in [1.807, 2.05) is 30.3 Å². The van der Waals surface area contributed by atoms with Crippen LogP contribution in [0.15, 0.2) is 85.1 Å². The second-order valence-corrected chi connectivity index (χ2v) is 10.0. The first-order valence-corrected chi connectivity index (χ1v) is 13.4. The molecule has 1 saturated heterocycles. The molecule has 6 nitrogen and oxygen atoms in total. The number of hydrogen-bond acceptors (Lipinski definition) is 4. The van der Waals surface area contributed by atoms with Crippen LogP contribution >= 0.6 is 0 Å². The predicted molar refractivity (Wildman–Crippen MR) is 149 cm³/mol. The lowest BCUT2D eigenvalue weighted by Gasteiger charge is -2.24. The second kappa shape index (κ2) is 12.3. The van der Waals surface area contributed by atoms with Crippen molar-refractivity contribution in [1.29, 1.82) is 0 Å². The molecule has 0 radical (unpaired) electrons. The zero-order valence-corrected chi connectivity index (χ0v) is 22.3. The van der Waals surface area contributed by atoms with Gasteiger partial charge in [0.25, 0.3) is 5.91 Å². The maximum absolute atomic E-state index is 14.4. The number of carbonyl (C=O) groups excluding carboxylic acids is 2. The summed E-state index contributed by atoms with van der Waals surface area (Å²) in [5, 5.41) is 8.85. The van der Waals surface area contributed by atoms with E-state index in [0.717, 1.165) is 18.1 Å². The topological polar surface area (TPSA) is 83.1 Å². The number of halogens is 3. The van der Waals surface area contributed by atoms with Gasteiger partial charge in [0.1, 0.15) is 17.5 Å². The van der Waals surface area contributed by atoms with Crippen LogP contribution in [-0.4, -0.2) is 29.9 Å². The number of amides is 2. The number of benzene rings is 3. The molecule has 2 amide bonds. The van der Waals surface area contributed by atoms with Gasteiger partial charge in [-0.15, -0.1) is 0 Å². The normalized spacial score (nSPS) is 17.2. The Morgan fingerprint density at radius 3 is 2.44 bits per heavy atom. The van der Waals surface area contributed by atoms with Crippen LogP contribution in [0.4, 0.5) is 13.2 Å². The SMILES string of the molecule is CNC(=O)c1cc(-c2cccnc2[C@H](Cc2cc(F)cc(F)c2)NC(=O)[C@@H]2CC[C@H](c3ccccc3)N2)ccc1F. The Hall–Kier alpha value is -4.50. The molecule has 3 aromatic carbocycles. The van der Waals surface area contributed by atoms with Gasteiger partial charge < -0.3 is 10.6 Å². The van der Waals surface area contributed by atoms with Crippen LogP contribution in [0.3, 0.4) is 0 Å². The predicted octanol–water partition coefficient (Wildman–Crippen LogP) is 5.42. The zero-order valence-electron chi connectivity index (χ0n) is 22.3. The third-order valence-corrected chi connectivity index (χ3v) is 7.26. The Morgan fingerprint density at radius 1 is 0.951 bits per heavy atom. The Morgan fingerprint density at radius 2 is 1.71 bits per heavy atom. The van der Waals surface area contributed by atoms with Crippen LogP contribution in [0.2, 0.25) is 0 Å². The quantitative estimate of drug-likeness (QED) is 0.270. The van der Waals surface area contributed by atoms with E-state index < -0.39 is 35.4 Å². The van der Waals surface area contributed by atoms with Crippen molar-refractivity contribution < 1.29 is 22.8 Å². The van der Waals surface area contributed by atoms with Crippen LogP contribution in [-0.2, 0) is 11.2 Å². The van der Waals surface area contributed by atoms with E-state index in [4.69, 9.17) is 0 Å². The second-order valence-electron chi connectivity index (χ2n) is 10.0. The first-order chi connectivity index (χ1) is 19.8. The summed E-state index contributed by atoms with van der Waals surface area (Å²) in [5.74, 6) is -3.01. The number of nitrogens with zero attached hydrogens (tertiary/aromatic N) is 1. The summed E-state index contributed by atoms with van der Waals surface area (Å²) >= 11 is 0. The molecule has 0 saturated carbocycles. The van der Waals surface area contributed by atoms with Gasteiger partial charge in [0.15, 0.2) is 0 Å². The van der Waals surface area contributed by atoms with Crippen molar-refractivity contribution in [2.75, 3.05) is 7.05 Å². The number of rotatable bonds is 8. The zero-order chi connectivity index (χ0) is 28.9. The van der Waals surface area contributed by atoms with Crippen molar-refractivity contribution in [2.24, 2.45) is 0 Å². The highest BCUT2D eigenvalue weighted by Gasteiger charge is 2.32. The minimum absolute atomic E-state index is 0.0236. The molecule has 41 heavy (non-hydrogen) atoms. The largest absolute Gasteiger partial charge is 0.355 e. The third kappa shape index (κ3) is 6.47. The van der Waals surface area contributed by atoms with E-state index in [9.17, 15) is 22.8 Å². The van der Waals surface area contributed by atoms with Gasteiger partial charge in [0, 0.05) is 30.9 Å². The molecule has 1 aliphatic rings. The van der Waals surface area contributed by atoms with E-state index in [0.29, 0.717) is 28.8 Å². The first-order valence-electron chi connectivity index (χ1n) is 13.4. The van der Waals surface area contributed by atoms with Crippen molar-refractivity contribution in [2.45, 2.75) is 37.4 Å². The summed E-state index contributed by atoms with van der Waals surface area (Å²) in [5.41, 5.74) is 2.73. The maximum atomic E-state index is 14.4. The Labute approximate surface area is 236 Å². The average molecular weight is 559 g/mol. The third-order valence-electron chi connectivity index (χ3n) is 7.26. The van der Waals surface area contributed by atoms with E-state index in [1.54, 1.807) is 18.3 Å². The summed E-state index contributed by atoms with van der Waals surface area (Å²) in [7, 11) is 1.41. The summed E-state index contributed by atoms with van der Waals surface area (Å²) in [6.45, 7) is 0. The van der Waals surface area contributed by atoms with E-state index >= 15 is 0 Å². The number of carbonyl (C=O) groups is 2. The van der Waals surface area contributed by atoms with Gasteiger partial charge in [-0.2, -0.15) is 0 Å². The first kappa shape index (κ1) is 28.0. The van der Waals surface area contributed by atoms with E-state index in [1.165, 1.54) is 37.4 Å². The van der Waals surface area contributed by atoms with Gasteiger partial charge in [-0.25, -0.2) is 13.2 Å². The van der Waals surface area contributed by atoms with Crippen LogP contribution in [0.1, 0.15) is 52.1 Å². The van der Waals surface area contributed by atoms with Gasteiger partial charge in [0.2, 0.25) is 5.91 Å². The molecule has 3 N–H and O–H groups in total. The lowest BCUT2D eigenvalue weighted by molar-refractivity contribution is -0.123. The van der Waals surface area contributed by atoms with Gasteiger partial charge in [-0.3, -0.25) is 19.9 Å². The van der Waals surface area contributed by atoms with Crippen LogP contribution in [0.5, 0.6) is 0 Å².